The summed E-state index contributed by atoms with van der Waals surface area (Å²) in [5.74, 6) is 2.69. The van der Waals surface area contributed by atoms with Crippen LogP contribution in [0, 0.1) is 0 Å². The van der Waals surface area contributed by atoms with Crippen LogP contribution in [0.15, 0.2) is 48.5 Å². The van der Waals surface area contributed by atoms with Crippen molar-refractivity contribution in [2.75, 3.05) is 31.8 Å². The van der Waals surface area contributed by atoms with Gasteiger partial charge in [-0.15, -0.1) is 23.5 Å². The predicted octanol–water partition coefficient (Wildman–Crippen LogP) is 3.80. The van der Waals surface area contributed by atoms with E-state index in [4.69, 9.17) is 14.2 Å². The molecule has 0 bridgehead atoms. The molecule has 1 saturated heterocycles. The second kappa shape index (κ2) is 11.8. The van der Waals surface area contributed by atoms with Gasteiger partial charge in [-0.25, -0.2) is 4.79 Å². The van der Waals surface area contributed by atoms with Gasteiger partial charge >= 0.3 is 5.97 Å². The maximum atomic E-state index is 11.9. The van der Waals surface area contributed by atoms with E-state index in [9.17, 15) is 9.59 Å². The van der Waals surface area contributed by atoms with Crippen LogP contribution in [0.3, 0.4) is 0 Å². The topological polar surface area (TPSA) is 73.9 Å². The minimum absolute atomic E-state index is 0.244. The number of benzene rings is 2. The van der Waals surface area contributed by atoms with E-state index in [2.05, 4.69) is 5.32 Å². The first-order valence-corrected chi connectivity index (χ1v) is 11.8. The minimum Gasteiger partial charge on any atom is -0.496 e. The van der Waals surface area contributed by atoms with Gasteiger partial charge < -0.3 is 19.5 Å². The quantitative estimate of drug-likeness (QED) is 0.586. The SMILES string of the molecule is COc1ccccc1CNC(=O)COC(=O)COc1ccc(C2SCCCS2)cc1. The van der Waals surface area contributed by atoms with Gasteiger partial charge in [-0.3, -0.25) is 4.79 Å². The fraction of sp³-hybridized carbons (Fsp3) is 0.364. The summed E-state index contributed by atoms with van der Waals surface area (Å²) < 4.78 is 16.1. The molecule has 30 heavy (non-hydrogen) atoms. The zero-order valence-corrected chi connectivity index (χ0v) is 18.4. The van der Waals surface area contributed by atoms with Crippen LogP contribution in [0.1, 0.15) is 22.1 Å². The third-order valence-electron chi connectivity index (χ3n) is 4.37. The normalized spacial score (nSPS) is 14.0. The van der Waals surface area contributed by atoms with Gasteiger partial charge in [-0.05, 0) is 41.7 Å². The Morgan fingerprint density at radius 2 is 1.77 bits per heavy atom. The molecule has 160 valence electrons. The van der Waals surface area contributed by atoms with Crippen LogP contribution in [0.2, 0.25) is 0 Å². The van der Waals surface area contributed by atoms with Crippen LogP contribution in [0.4, 0.5) is 0 Å². The zero-order chi connectivity index (χ0) is 21.2. The first kappa shape index (κ1) is 22.4. The number of amides is 1. The summed E-state index contributed by atoms with van der Waals surface area (Å²) in [5.41, 5.74) is 2.10. The Morgan fingerprint density at radius 3 is 2.50 bits per heavy atom. The molecule has 6 nitrogen and oxygen atoms in total. The molecule has 1 aliphatic rings. The van der Waals surface area contributed by atoms with Gasteiger partial charge in [0.2, 0.25) is 0 Å². The predicted molar refractivity (Wildman–Crippen MR) is 120 cm³/mol. The first-order chi connectivity index (χ1) is 14.7. The Hall–Kier alpha value is -2.32. The van der Waals surface area contributed by atoms with Crippen molar-refractivity contribution in [2.24, 2.45) is 0 Å². The van der Waals surface area contributed by atoms with Crippen LogP contribution >= 0.6 is 23.5 Å². The highest BCUT2D eigenvalue weighted by molar-refractivity contribution is 8.16. The van der Waals surface area contributed by atoms with E-state index in [1.54, 1.807) is 7.11 Å². The van der Waals surface area contributed by atoms with Crippen LogP contribution < -0.4 is 14.8 Å². The van der Waals surface area contributed by atoms with Gasteiger partial charge in [0.05, 0.1) is 11.7 Å². The Morgan fingerprint density at radius 1 is 1.03 bits per heavy atom. The minimum atomic E-state index is -0.593. The molecule has 1 fully saturated rings. The van der Waals surface area contributed by atoms with Gasteiger partial charge in [0.25, 0.3) is 5.91 Å². The van der Waals surface area contributed by atoms with Crippen molar-refractivity contribution in [1.82, 2.24) is 5.32 Å². The Bertz CT molecular complexity index is 838. The number of rotatable bonds is 9. The van der Waals surface area contributed by atoms with E-state index >= 15 is 0 Å². The lowest BCUT2D eigenvalue weighted by Gasteiger charge is -2.21. The first-order valence-electron chi connectivity index (χ1n) is 9.66. The number of para-hydroxylation sites is 1. The van der Waals surface area contributed by atoms with Gasteiger partial charge in [0, 0.05) is 12.1 Å². The maximum Gasteiger partial charge on any atom is 0.344 e. The van der Waals surface area contributed by atoms with Crippen molar-refractivity contribution in [3.63, 3.8) is 0 Å². The van der Waals surface area contributed by atoms with Crippen molar-refractivity contribution in [3.05, 3.63) is 59.7 Å². The molecule has 0 aliphatic carbocycles. The molecule has 0 aromatic heterocycles. The van der Waals surface area contributed by atoms with Gasteiger partial charge in [0.1, 0.15) is 11.5 Å². The molecule has 1 aliphatic heterocycles. The van der Waals surface area contributed by atoms with Crippen LogP contribution in [0.25, 0.3) is 0 Å². The number of carbonyl (C=O) groups is 2. The van der Waals surface area contributed by atoms with E-state index < -0.39 is 5.97 Å². The molecule has 0 unspecified atom stereocenters. The molecule has 0 atom stereocenters. The molecule has 8 heteroatoms. The van der Waals surface area contributed by atoms with Crippen molar-refractivity contribution >= 4 is 35.4 Å². The largest absolute Gasteiger partial charge is 0.496 e. The molecule has 0 saturated carbocycles. The molecule has 1 amide bonds. The van der Waals surface area contributed by atoms with E-state index in [0.717, 1.165) is 5.56 Å². The number of hydrogen-bond acceptors (Lipinski definition) is 7. The highest BCUT2D eigenvalue weighted by atomic mass is 32.2. The molecule has 2 aromatic rings. The monoisotopic (exact) mass is 447 g/mol. The number of nitrogens with one attached hydrogen (secondary N) is 1. The van der Waals surface area contributed by atoms with E-state index in [1.807, 2.05) is 72.1 Å². The average molecular weight is 448 g/mol. The maximum absolute atomic E-state index is 11.9. The van der Waals surface area contributed by atoms with Gasteiger partial charge in [-0.1, -0.05) is 30.3 Å². The molecular weight excluding hydrogens is 422 g/mol. The fourth-order valence-electron chi connectivity index (χ4n) is 2.83. The standard InChI is InChI=1S/C22H25NO5S2/c1-26-19-6-3-2-5-17(19)13-23-20(24)14-28-21(25)15-27-18-9-7-16(8-10-18)22-29-11-4-12-30-22/h2-3,5-10,22H,4,11-15H2,1H3,(H,23,24). The number of methoxy groups -OCH3 is 1. The van der Waals surface area contributed by atoms with Gasteiger partial charge in [-0.2, -0.15) is 0 Å². The molecule has 0 radical (unpaired) electrons. The van der Waals surface area contributed by atoms with E-state index in [0.29, 0.717) is 22.6 Å². The lowest BCUT2D eigenvalue weighted by molar-refractivity contribution is -0.150. The smallest absolute Gasteiger partial charge is 0.344 e. The molecule has 3 rings (SSSR count). The van der Waals surface area contributed by atoms with Crippen LogP contribution in [0.5, 0.6) is 11.5 Å². The van der Waals surface area contributed by atoms with Crippen LogP contribution in [-0.4, -0.2) is 43.7 Å². The van der Waals surface area contributed by atoms with E-state index in [1.165, 1.54) is 23.5 Å². The van der Waals surface area contributed by atoms with Crippen molar-refractivity contribution in [2.45, 2.75) is 17.5 Å². The number of thioether (sulfide) groups is 2. The average Bonchev–Trinajstić information content (AvgIpc) is 2.81. The zero-order valence-electron chi connectivity index (χ0n) is 16.8. The van der Waals surface area contributed by atoms with Crippen LogP contribution in [-0.2, 0) is 20.9 Å². The molecular formula is C22H25NO5S2. The third-order valence-corrected chi connectivity index (χ3v) is 7.38. The Balaban J connectivity index is 1.35. The molecule has 2 aromatic carbocycles. The van der Waals surface area contributed by atoms with Gasteiger partial charge in [0.15, 0.2) is 13.2 Å². The van der Waals surface area contributed by atoms with Crippen molar-refractivity contribution in [1.29, 1.82) is 0 Å². The molecule has 0 spiro atoms. The second-order valence-corrected chi connectivity index (χ2v) is 9.26. The third kappa shape index (κ3) is 6.88. The van der Waals surface area contributed by atoms with Crippen molar-refractivity contribution in [3.8, 4) is 11.5 Å². The molecule has 1 N–H and O–H groups in total. The second-order valence-electron chi connectivity index (χ2n) is 6.53. The summed E-state index contributed by atoms with van der Waals surface area (Å²) in [6.45, 7) is -0.306. The number of ether oxygens (including phenoxy) is 3. The summed E-state index contributed by atoms with van der Waals surface area (Å²) in [6, 6.07) is 15.2. The lowest BCUT2D eigenvalue weighted by atomic mass is 10.2. The number of carbonyl (C=O) groups excluding carboxylic acids is 2. The fourth-order valence-corrected chi connectivity index (χ4v) is 5.72. The Kier molecular flexibility index (Phi) is 8.77. The summed E-state index contributed by atoms with van der Waals surface area (Å²) in [5, 5.41) is 2.70. The summed E-state index contributed by atoms with van der Waals surface area (Å²) in [6.07, 6.45) is 1.26. The highest BCUT2D eigenvalue weighted by Crippen LogP contribution is 2.43. The van der Waals surface area contributed by atoms with E-state index in [-0.39, 0.29) is 19.1 Å². The number of hydrogen-bond donors (Lipinski definition) is 1. The summed E-state index contributed by atoms with van der Waals surface area (Å²) in [4.78, 5) is 23.8. The Labute approximate surface area is 185 Å². The summed E-state index contributed by atoms with van der Waals surface area (Å²) >= 11 is 3.91. The number of esters is 1. The lowest BCUT2D eigenvalue weighted by Crippen LogP contribution is -2.29. The van der Waals surface area contributed by atoms with Crippen molar-refractivity contribution < 1.29 is 23.8 Å². The highest BCUT2D eigenvalue weighted by Gasteiger charge is 2.16. The molecule has 1 heterocycles. The summed E-state index contributed by atoms with van der Waals surface area (Å²) in [7, 11) is 1.57.